The number of hydrogen-bond donors (Lipinski definition) is 3. The van der Waals surface area contributed by atoms with Crippen LogP contribution in [0.3, 0.4) is 0 Å². The molecule has 0 fully saturated rings. The molecular weight excluding hydrogens is 318 g/mol. The summed E-state index contributed by atoms with van der Waals surface area (Å²) < 4.78 is 5.16. The Morgan fingerprint density at radius 1 is 1.04 bits per heavy atom. The van der Waals surface area contributed by atoms with Gasteiger partial charge in [0.15, 0.2) is 0 Å². The van der Waals surface area contributed by atoms with Gasteiger partial charge in [0.05, 0.1) is 7.11 Å². The Labute approximate surface area is 145 Å². The van der Waals surface area contributed by atoms with Crippen molar-refractivity contribution in [2.75, 3.05) is 30.0 Å². The van der Waals surface area contributed by atoms with Crippen LogP contribution in [0.25, 0.3) is 0 Å². The summed E-state index contributed by atoms with van der Waals surface area (Å²) >= 11 is 0. The smallest absolute Gasteiger partial charge is 0.223 e. The van der Waals surface area contributed by atoms with E-state index in [1.807, 2.05) is 24.3 Å². The van der Waals surface area contributed by atoms with E-state index in [0.717, 1.165) is 18.7 Å². The Kier molecular flexibility index (Phi) is 5.20. The average Bonchev–Trinajstić information content (AvgIpc) is 2.63. The molecule has 2 aromatic heterocycles. The van der Waals surface area contributed by atoms with Gasteiger partial charge in [-0.05, 0) is 30.2 Å². The van der Waals surface area contributed by atoms with Gasteiger partial charge in [-0.2, -0.15) is 9.97 Å². The summed E-state index contributed by atoms with van der Waals surface area (Å²) in [5, 5.41) is 6.32. The van der Waals surface area contributed by atoms with E-state index in [1.54, 1.807) is 25.4 Å². The van der Waals surface area contributed by atoms with Crippen LogP contribution in [0.4, 0.5) is 23.4 Å². The quantitative estimate of drug-likeness (QED) is 0.602. The number of nitrogens with zero attached hydrogens (tertiary/aromatic N) is 4. The van der Waals surface area contributed by atoms with Gasteiger partial charge < -0.3 is 21.1 Å². The molecular formula is C17H19N7O. The summed E-state index contributed by atoms with van der Waals surface area (Å²) in [5.74, 6) is 2.89. The molecule has 8 heteroatoms. The van der Waals surface area contributed by atoms with Crippen molar-refractivity contribution in [3.8, 4) is 5.75 Å². The molecule has 2 heterocycles. The third kappa shape index (κ3) is 4.77. The fourth-order valence-electron chi connectivity index (χ4n) is 2.24. The van der Waals surface area contributed by atoms with E-state index in [1.165, 1.54) is 11.9 Å². The third-order valence-electron chi connectivity index (χ3n) is 3.46. The normalized spacial score (nSPS) is 10.3. The highest BCUT2D eigenvalue weighted by molar-refractivity contribution is 5.57. The second-order valence-electron chi connectivity index (χ2n) is 5.24. The van der Waals surface area contributed by atoms with Crippen molar-refractivity contribution in [3.05, 3.63) is 54.5 Å². The molecule has 0 aliphatic rings. The first-order chi connectivity index (χ1) is 12.2. The summed E-state index contributed by atoms with van der Waals surface area (Å²) in [6, 6.07) is 11.5. The van der Waals surface area contributed by atoms with Crippen LogP contribution in [-0.2, 0) is 6.42 Å². The van der Waals surface area contributed by atoms with E-state index in [9.17, 15) is 0 Å². The molecule has 0 aliphatic carbocycles. The van der Waals surface area contributed by atoms with Crippen molar-refractivity contribution in [2.45, 2.75) is 6.42 Å². The molecule has 0 saturated heterocycles. The van der Waals surface area contributed by atoms with Gasteiger partial charge in [0.2, 0.25) is 5.95 Å². The van der Waals surface area contributed by atoms with Crippen molar-refractivity contribution >= 4 is 23.4 Å². The first kappa shape index (κ1) is 16.4. The van der Waals surface area contributed by atoms with Crippen LogP contribution in [0.2, 0.25) is 0 Å². The predicted octanol–water partition coefficient (Wildman–Crippen LogP) is 2.26. The summed E-state index contributed by atoms with van der Waals surface area (Å²) in [6.45, 7) is 0.718. The van der Waals surface area contributed by atoms with E-state index < -0.39 is 0 Å². The van der Waals surface area contributed by atoms with E-state index in [0.29, 0.717) is 17.5 Å². The molecule has 0 atom stereocenters. The Hall–Kier alpha value is -3.42. The number of rotatable bonds is 7. The Balaban J connectivity index is 1.60. The standard InChI is InChI=1S/C17H19N7O/c1-25-13-4-2-12(3-5-13)6-9-20-15-10-16(24-17(18)23-15)22-14-7-8-19-11-21-14/h2-5,7-8,10-11H,6,9H2,1H3,(H4,18,19,20,21,22,23,24). The minimum absolute atomic E-state index is 0.186. The summed E-state index contributed by atoms with van der Waals surface area (Å²) in [4.78, 5) is 16.3. The Morgan fingerprint density at radius 2 is 1.84 bits per heavy atom. The molecule has 0 spiro atoms. The Morgan fingerprint density at radius 3 is 2.56 bits per heavy atom. The first-order valence-electron chi connectivity index (χ1n) is 7.77. The molecule has 3 rings (SSSR count). The number of ether oxygens (including phenoxy) is 1. The zero-order valence-corrected chi connectivity index (χ0v) is 13.8. The zero-order chi connectivity index (χ0) is 17.5. The topological polar surface area (TPSA) is 111 Å². The molecule has 8 nitrogen and oxygen atoms in total. The van der Waals surface area contributed by atoms with Gasteiger partial charge in [-0.25, -0.2) is 9.97 Å². The van der Waals surface area contributed by atoms with Crippen LogP contribution in [0.5, 0.6) is 5.75 Å². The van der Waals surface area contributed by atoms with Gasteiger partial charge in [0.25, 0.3) is 0 Å². The van der Waals surface area contributed by atoms with Gasteiger partial charge in [0, 0.05) is 18.8 Å². The van der Waals surface area contributed by atoms with Crippen LogP contribution < -0.4 is 21.1 Å². The zero-order valence-electron chi connectivity index (χ0n) is 13.8. The predicted molar refractivity (Wildman–Crippen MR) is 96.9 cm³/mol. The summed E-state index contributed by atoms with van der Waals surface area (Å²) in [5.41, 5.74) is 6.98. The number of anilines is 4. The first-order valence-corrected chi connectivity index (χ1v) is 7.77. The van der Waals surface area contributed by atoms with Crippen molar-refractivity contribution < 1.29 is 4.74 Å². The molecule has 0 unspecified atom stereocenters. The monoisotopic (exact) mass is 337 g/mol. The fraction of sp³-hybridized carbons (Fsp3) is 0.176. The lowest BCUT2D eigenvalue weighted by molar-refractivity contribution is 0.414. The van der Waals surface area contributed by atoms with Gasteiger partial charge in [-0.15, -0.1) is 0 Å². The maximum absolute atomic E-state index is 5.78. The molecule has 0 bridgehead atoms. The number of nitrogens with one attached hydrogen (secondary N) is 2. The second kappa shape index (κ2) is 7.91. The maximum Gasteiger partial charge on any atom is 0.223 e. The highest BCUT2D eigenvalue weighted by Gasteiger charge is 2.04. The Bertz CT molecular complexity index is 809. The minimum atomic E-state index is 0.186. The number of nitrogen functional groups attached to an aromatic ring is 1. The molecule has 0 amide bonds. The molecule has 0 aliphatic heterocycles. The van der Waals surface area contributed by atoms with Crippen molar-refractivity contribution in [3.63, 3.8) is 0 Å². The van der Waals surface area contributed by atoms with Crippen molar-refractivity contribution in [1.82, 2.24) is 19.9 Å². The van der Waals surface area contributed by atoms with Gasteiger partial charge in [-0.3, -0.25) is 0 Å². The second-order valence-corrected chi connectivity index (χ2v) is 5.24. The number of hydrogen-bond acceptors (Lipinski definition) is 8. The molecule has 0 radical (unpaired) electrons. The molecule has 4 N–H and O–H groups in total. The SMILES string of the molecule is COc1ccc(CCNc2cc(Nc3ccncn3)nc(N)n2)cc1. The molecule has 1 aromatic carbocycles. The lowest BCUT2D eigenvalue weighted by Gasteiger charge is -2.10. The molecule has 25 heavy (non-hydrogen) atoms. The van der Waals surface area contributed by atoms with E-state index in [4.69, 9.17) is 10.5 Å². The summed E-state index contributed by atoms with van der Waals surface area (Å²) in [7, 11) is 1.66. The fourth-order valence-corrected chi connectivity index (χ4v) is 2.24. The number of methoxy groups -OCH3 is 1. The molecule has 128 valence electrons. The highest BCUT2D eigenvalue weighted by Crippen LogP contribution is 2.17. The number of nitrogens with two attached hydrogens (primary N) is 1. The maximum atomic E-state index is 5.78. The van der Waals surface area contributed by atoms with E-state index in [2.05, 4.69) is 30.6 Å². The highest BCUT2D eigenvalue weighted by atomic mass is 16.5. The number of aromatic nitrogens is 4. The lowest BCUT2D eigenvalue weighted by atomic mass is 10.1. The lowest BCUT2D eigenvalue weighted by Crippen LogP contribution is -2.09. The third-order valence-corrected chi connectivity index (χ3v) is 3.46. The van der Waals surface area contributed by atoms with Crippen molar-refractivity contribution in [1.29, 1.82) is 0 Å². The van der Waals surface area contributed by atoms with Gasteiger partial charge >= 0.3 is 0 Å². The van der Waals surface area contributed by atoms with Gasteiger partial charge in [-0.1, -0.05) is 12.1 Å². The van der Waals surface area contributed by atoms with Crippen LogP contribution in [0.15, 0.2) is 48.9 Å². The van der Waals surface area contributed by atoms with Crippen LogP contribution in [0.1, 0.15) is 5.56 Å². The van der Waals surface area contributed by atoms with E-state index in [-0.39, 0.29) is 5.95 Å². The molecule has 3 aromatic rings. The average molecular weight is 337 g/mol. The van der Waals surface area contributed by atoms with Crippen LogP contribution >= 0.6 is 0 Å². The van der Waals surface area contributed by atoms with Crippen LogP contribution in [-0.4, -0.2) is 33.6 Å². The van der Waals surface area contributed by atoms with Gasteiger partial charge in [0.1, 0.15) is 29.5 Å². The minimum Gasteiger partial charge on any atom is -0.497 e. The van der Waals surface area contributed by atoms with Crippen molar-refractivity contribution in [2.24, 2.45) is 0 Å². The number of benzene rings is 1. The van der Waals surface area contributed by atoms with E-state index >= 15 is 0 Å². The van der Waals surface area contributed by atoms with Crippen LogP contribution in [0, 0.1) is 0 Å². The molecule has 0 saturated carbocycles. The summed E-state index contributed by atoms with van der Waals surface area (Å²) in [6.07, 6.45) is 3.96. The largest absolute Gasteiger partial charge is 0.497 e.